The Hall–Kier alpha value is -0.980. The number of hydrogen-bond acceptors (Lipinski definition) is 1. The smallest absolute Gasteiger partial charge is 0.324 e. The standard InChI is InChI=1S/C9H8F5O3P/c10-8(11,9(12,13)14)7-3-1-6(2-4-7)5-18(15,16)17/h1-4H,5H2,(H2,15,16,17). The Kier molecular flexibility index (Phi) is 3.86. The summed E-state index contributed by atoms with van der Waals surface area (Å²) in [5, 5.41) is 0. The van der Waals surface area contributed by atoms with Crippen molar-refractivity contribution < 1.29 is 36.3 Å². The monoisotopic (exact) mass is 290 g/mol. The first-order chi connectivity index (χ1) is 7.93. The highest BCUT2D eigenvalue weighted by atomic mass is 31.2. The third kappa shape index (κ3) is 3.51. The van der Waals surface area contributed by atoms with Gasteiger partial charge in [-0.25, -0.2) is 0 Å². The molecule has 0 bridgehead atoms. The molecule has 2 N–H and O–H groups in total. The second-order valence-electron chi connectivity index (χ2n) is 3.59. The molecule has 0 saturated heterocycles. The van der Waals surface area contributed by atoms with Crippen molar-refractivity contribution in [1.82, 2.24) is 0 Å². The van der Waals surface area contributed by atoms with Crippen molar-refractivity contribution in [3.63, 3.8) is 0 Å². The predicted octanol–water partition coefficient (Wildman–Crippen LogP) is 3.02. The fourth-order valence-corrected chi connectivity index (χ4v) is 1.91. The van der Waals surface area contributed by atoms with Crippen molar-refractivity contribution in [1.29, 1.82) is 0 Å². The first-order valence-corrected chi connectivity index (χ1v) is 6.32. The molecular weight excluding hydrogens is 282 g/mol. The molecule has 0 aromatic heterocycles. The van der Waals surface area contributed by atoms with Crippen molar-refractivity contribution in [3.8, 4) is 0 Å². The highest BCUT2D eigenvalue weighted by Crippen LogP contribution is 2.44. The van der Waals surface area contributed by atoms with Crippen LogP contribution in [0, 0.1) is 0 Å². The molecule has 0 unspecified atom stereocenters. The lowest BCUT2D eigenvalue weighted by atomic mass is 10.1. The Bertz CT molecular complexity index is 462. The Balaban J connectivity index is 3.00. The zero-order valence-corrected chi connectivity index (χ0v) is 9.55. The zero-order valence-electron chi connectivity index (χ0n) is 8.66. The molecule has 1 rings (SSSR count). The molecule has 102 valence electrons. The fraction of sp³-hybridized carbons (Fsp3) is 0.333. The molecule has 0 spiro atoms. The van der Waals surface area contributed by atoms with E-state index in [1.165, 1.54) is 0 Å². The van der Waals surface area contributed by atoms with Gasteiger partial charge in [0, 0.05) is 5.56 Å². The third-order valence-electron chi connectivity index (χ3n) is 2.06. The minimum atomic E-state index is -5.71. The maximum atomic E-state index is 12.9. The summed E-state index contributed by atoms with van der Waals surface area (Å²) in [5.41, 5.74) is -1.30. The van der Waals surface area contributed by atoms with Crippen LogP contribution in [0.25, 0.3) is 0 Å². The molecule has 18 heavy (non-hydrogen) atoms. The maximum Gasteiger partial charge on any atom is 0.458 e. The van der Waals surface area contributed by atoms with Gasteiger partial charge in [0.25, 0.3) is 0 Å². The van der Waals surface area contributed by atoms with Crippen molar-refractivity contribution in [2.45, 2.75) is 18.3 Å². The summed E-state index contributed by atoms with van der Waals surface area (Å²) in [6, 6.07) is 2.65. The van der Waals surface area contributed by atoms with Crippen LogP contribution in [0.3, 0.4) is 0 Å². The summed E-state index contributed by atoms with van der Waals surface area (Å²) < 4.78 is 72.4. The summed E-state index contributed by atoms with van der Waals surface area (Å²) >= 11 is 0. The fourth-order valence-electron chi connectivity index (χ4n) is 1.22. The summed E-state index contributed by atoms with van der Waals surface area (Å²) in [6.07, 6.45) is -6.43. The van der Waals surface area contributed by atoms with E-state index in [4.69, 9.17) is 9.79 Å². The summed E-state index contributed by atoms with van der Waals surface area (Å²) in [7, 11) is -4.39. The molecule has 0 amide bonds. The molecule has 0 heterocycles. The van der Waals surface area contributed by atoms with E-state index in [2.05, 4.69) is 0 Å². The topological polar surface area (TPSA) is 57.5 Å². The summed E-state index contributed by atoms with van der Waals surface area (Å²) in [5.74, 6) is -4.99. The molecular formula is C9H8F5O3P. The number of rotatable bonds is 3. The van der Waals surface area contributed by atoms with Crippen molar-refractivity contribution in [2.24, 2.45) is 0 Å². The molecule has 1 aromatic rings. The van der Waals surface area contributed by atoms with Crippen LogP contribution < -0.4 is 0 Å². The predicted molar refractivity (Wildman–Crippen MR) is 52.1 cm³/mol. The van der Waals surface area contributed by atoms with Gasteiger partial charge in [0.15, 0.2) is 0 Å². The van der Waals surface area contributed by atoms with Gasteiger partial charge in [0.1, 0.15) is 0 Å². The average Bonchev–Trinajstić information content (AvgIpc) is 2.14. The quantitative estimate of drug-likeness (QED) is 0.664. The average molecular weight is 290 g/mol. The third-order valence-corrected chi connectivity index (χ3v) is 2.84. The van der Waals surface area contributed by atoms with Crippen LogP contribution in [-0.4, -0.2) is 16.0 Å². The molecule has 9 heteroatoms. The van der Waals surface area contributed by atoms with Gasteiger partial charge in [-0.1, -0.05) is 24.3 Å². The number of hydrogen-bond donors (Lipinski definition) is 2. The lowest BCUT2D eigenvalue weighted by Crippen LogP contribution is -2.33. The van der Waals surface area contributed by atoms with E-state index in [1.807, 2.05) is 0 Å². The van der Waals surface area contributed by atoms with Crippen molar-refractivity contribution in [3.05, 3.63) is 35.4 Å². The van der Waals surface area contributed by atoms with Gasteiger partial charge in [0.2, 0.25) is 0 Å². The Labute approximate surface area is 98.4 Å². The molecule has 3 nitrogen and oxygen atoms in total. The van der Waals surface area contributed by atoms with E-state index in [0.29, 0.717) is 12.1 Å². The van der Waals surface area contributed by atoms with Crippen molar-refractivity contribution >= 4 is 7.60 Å². The highest BCUT2D eigenvalue weighted by molar-refractivity contribution is 7.50. The SMILES string of the molecule is O=P(O)(O)Cc1ccc(C(F)(F)C(F)(F)F)cc1. The Morgan fingerprint density at radius 2 is 1.44 bits per heavy atom. The van der Waals surface area contributed by atoms with E-state index in [9.17, 15) is 26.5 Å². The van der Waals surface area contributed by atoms with Gasteiger partial charge < -0.3 is 9.79 Å². The number of alkyl halides is 5. The molecule has 0 aliphatic heterocycles. The van der Waals surface area contributed by atoms with Gasteiger partial charge >= 0.3 is 19.7 Å². The van der Waals surface area contributed by atoms with Crippen LogP contribution in [-0.2, 0) is 16.6 Å². The van der Waals surface area contributed by atoms with E-state index >= 15 is 0 Å². The van der Waals surface area contributed by atoms with Gasteiger partial charge in [0.05, 0.1) is 6.16 Å². The molecule has 0 saturated carbocycles. The minimum Gasteiger partial charge on any atom is -0.324 e. The molecule has 0 aliphatic rings. The highest BCUT2D eigenvalue weighted by Gasteiger charge is 2.58. The molecule has 0 radical (unpaired) electrons. The van der Waals surface area contributed by atoms with Crippen LogP contribution in [0.15, 0.2) is 24.3 Å². The number of halogens is 5. The van der Waals surface area contributed by atoms with Gasteiger partial charge in [-0.15, -0.1) is 0 Å². The largest absolute Gasteiger partial charge is 0.458 e. The van der Waals surface area contributed by atoms with E-state index < -0.39 is 31.4 Å². The first kappa shape index (κ1) is 15.1. The van der Waals surface area contributed by atoms with Gasteiger partial charge in [-0.3, -0.25) is 4.57 Å². The molecule has 0 atom stereocenters. The summed E-state index contributed by atoms with van der Waals surface area (Å²) in [6.45, 7) is 0. The van der Waals surface area contributed by atoms with E-state index in [-0.39, 0.29) is 5.56 Å². The van der Waals surface area contributed by atoms with Gasteiger partial charge in [-0.2, -0.15) is 22.0 Å². The Morgan fingerprint density at radius 1 is 1.00 bits per heavy atom. The van der Waals surface area contributed by atoms with E-state index in [0.717, 1.165) is 12.1 Å². The second-order valence-corrected chi connectivity index (χ2v) is 5.24. The van der Waals surface area contributed by atoms with Crippen LogP contribution in [0.2, 0.25) is 0 Å². The lowest BCUT2D eigenvalue weighted by molar-refractivity contribution is -0.289. The number of benzene rings is 1. The van der Waals surface area contributed by atoms with E-state index in [1.54, 1.807) is 0 Å². The van der Waals surface area contributed by atoms with Gasteiger partial charge in [-0.05, 0) is 5.56 Å². The minimum absolute atomic E-state index is 0.0231. The van der Waals surface area contributed by atoms with Crippen molar-refractivity contribution in [2.75, 3.05) is 0 Å². The molecule has 0 fully saturated rings. The summed E-state index contributed by atoms with van der Waals surface area (Å²) in [4.78, 5) is 17.2. The molecule has 0 aliphatic carbocycles. The zero-order chi connectivity index (χ0) is 14.2. The van der Waals surface area contributed by atoms with Crippen LogP contribution in [0.5, 0.6) is 0 Å². The first-order valence-electron chi connectivity index (χ1n) is 4.52. The molecule has 1 aromatic carbocycles. The van der Waals surface area contributed by atoms with Crippen LogP contribution in [0.4, 0.5) is 22.0 Å². The lowest BCUT2D eigenvalue weighted by Gasteiger charge is -2.20. The van der Waals surface area contributed by atoms with Crippen LogP contribution in [0.1, 0.15) is 11.1 Å². The normalized spacial score (nSPS) is 13.7. The van der Waals surface area contributed by atoms with Crippen LogP contribution >= 0.6 is 7.60 Å². The Morgan fingerprint density at radius 3 is 1.78 bits per heavy atom. The second kappa shape index (κ2) is 4.60. The maximum absolute atomic E-state index is 12.9.